The van der Waals surface area contributed by atoms with Gasteiger partial charge < -0.3 is 15.8 Å². The first-order valence-corrected chi connectivity index (χ1v) is 5.39. The van der Waals surface area contributed by atoms with Crippen LogP contribution in [0.4, 0.5) is 0 Å². The lowest BCUT2D eigenvalue weighted by Gasteiger charge is -2.31. The molecule has 1 saturated heterocycles. The molecule has 80 valence electrons. The van der Waals surface area contributed by atoms with Gasteiger partial charge in [0.1, 0.15) is 0 Å². The van der Waals surface area contributed by atoms with Gasteiger partial charge in [-0.2, -0.15) is 0 Å². The fraction of sp³-hybridized carbons (Fsp3) is 0.900. The van der Waals surface area contributed by atoms with Crippen LogP contribution >= 0.6 is 0 Å². The SMILES string of the molecule is NC1CCCC(C(=O)NC2COC2)C1. The van der Waals surface area contributed by atoms with E-state index in [-0.39, 0.29) is 23.9 Å². The predicted molar refractivity (Wildman–Crippen MR) is 52.7 cm³/mol. The van der Waals surface area contributed by atoms with Crippen LogP contribution in [0, 0.1) is 5.92 Å². The summed E-state index contributed by atoms with van der Waals surface area (Å²) in [5.41, 5.74) is 5.84. The Hall–Kier alpha value is -0.610. The largest absolute Gasteiger partial charge is 0.377 e. The number of ether oxygens (including phenoxy) is 1. The first-order valence-electron chi connectivity index (χ1n) is 5.39. The Morgan fingerprint density at radius 2 is 2.14 bits per heavy atom. The van der Waals surface area contributed by atoms with E-state index < -0.39 is 0 Å². The molecule has 0 spiro atoms. The van der Waals surface area contributed by atoms with E-state index in [4.69, 9.17) is 10.5 Å². The molecule has 14 heavy (non-hydrogen) atoms. The summed E-state index contributed by atoms with van der Waals surface area (Å²) in [4.78, 5) is 11.7. The highest BCUT2D eigenvalue weighted by molar-refractivity contribution is 5.79. The Labute approximate surface area is 84.2 Å². The normalized spacial score (nSPS) is 33.5. The first-order chi connectivity index (χ1) is 6.75. The highest BCUT2D eigenvalue weighted by atomic mass is 16.5. The summed E-state index contributed by atoms with van der Waals surface area (Å²) in [7, 11) is 0. The van der Waals surface area contributed by atoms with Crippen molar-refractivity contribution in [2.24, 2.45) is 11.7 Å². The first kappa shape index (κ1) is 9.93. The van der Waals surface area contributed by atoms with E-state index in [0.29, 0.717) is 13.2 Å². The highest BCUT2D eigenvalue weighted by Crippen LogP contribution is 2.23. The minimum Gasteiger partial charge on any atom is -0.377 e. The van der Waals surface area contributed by atoms with Gasteiger partial charge in [0, 0.05) is 12.0 Å². The zero-order valence-electron chi connectivity index (χ0n) is 8.37. The minimum absolute atomic E-state index is 0.138. The summed E-state index contributed by atoms with van der Waals surface area (Å²) in [5, 5.41) is 2.99. The molecule has 3 N–H and O–H groups in total. The summed E-state index contributed by atoms with van der Waals surface area (Å²) in [5.74, 6) is 0.313. The second kappa shape index (κ2) is 4.28. The lowest BCUT2D eigenvalue weighted by molar-refractivity contribution is -0.130. The van der Waals surface area contributed by atoms with Crippen molar-refractivity contribution in [3.63, 3.8) is 0 Å². The van der Waals surface area contributed by atoms with Crippen LogP contribution < -0.4 is 11.1 Å². The zero-order valence-corrected chi connectivity index (χ0v) is 8.37. The smallest absolute Gasteiger partial charge is 0.223 e. The number of carbonyl (C=O) groups excluding carboxylic acids is 1. The Balaban J connectivity index is 1.77. The van der Waals surface area contributed by atoms with Crippen molar-refractivity contribution in [3.05, 3.63) is 0 Å². The third kappa shape index (κ3) is 2.25. The van der Waals surface area contributed by atoms with Gasteiger partial charge in [-0.3, -0.25) is 4.79 Å². The van der Waals surface area contributed by atoms with E-state index in [1.807, 2.05) is 0 Å². The molecule has 1 saturated carbocycles. The van der Waals surface area contributed by atoms with Gasteiger partial charge in [0.05, 0.1) is 19.3 Å². The summed E-state index contributed by atoms with van der Waals surface area (Å²) >= 11 is 0. The maximum Gasteiger partial charge on any atom is 0.223 e. The van der Waals surface area contributed by atoms with Gasteiger partial charge in [0.15, 0.2) is 0 Å². The van der Waals surface area contributed by atoms with Gasteiger partial charge in [-0.1, -0.05) is 6.42 Å². The Bertz CT molecular complexity index is 216. The number of rotatable bonds is 2. The monoisotopic (exact) mass is 198 g/mol. The fourth-order valence-electron chi connectivity index (χ4n) is 2.10. The average molecular weight is 198 g/mol. The quantitative estimate of drug-likeness (QED) is 0.657. The van der Waals surface area contributed by atoms with Gasteiger partial charge >= 0.3 is 0 Å². The molecular weight excluding hydrogens is 180 g/mol. The van der Waals surface area contributed by atoms with E-state index in [1.165, 1.54) is 0 Å². The molecule has 4 heteroatoms. The van der Waals surface area contributed by atoms with E-state index >= 15 is 0 Å². The van der Waals surface area contributed by atoms with Crippen molar-refractivity contribution in [1.29, 1.82) is 0 Å². The topological polar surface area (TPSA) is 64.4 Å². The molecule has 1 aliphatic heterocycles. The van der Waals surface area contributed by atoms with Gasteiger partial charge in [-0.05, 0) is 19.3 Å². The van der Waals surface area contributed by atoms with Crippen molar-refractivity contribution >= 4 is 5.91 Å². The van der Waals surface area contributed by atoms with Gasteiger partial charge in [-0.25, -0.2) is 0 Å². The summed E-state index contributed by atoms with van der Waals surface area (Å²) in [6.45, 7) is 1.34. The third-order valence-electron chi connectivity index (χ3n) is 3.07. The van der Waals surface area contributed by atoms with Crippen molar-refractivity contribution < 1.29 is 9.53 Å². The second-order valence-corrected chi connectivity index (χ2v) is 4.37. The van der Waals surface area contributed by atoms with Crippen LogP contribution in [0.2, 0.25) is 0 Å². The average Bonchev–Trinajstić information content (AvgIpc) is 2.11. The van der Waals surface area contributed by atoms with Crippen LogP contribution in [0.3, 0.4) is 0 Å². The van der Waals surface area contributed by atoms with Gasteiger partial charge in [0.25, 0.3) is 0 Å². The molecule has 2 aliphatic rings. The Morgan fingerprint density at radius 3 is 2.71 bits per heavy atom. The molecule has 0 aromatic rings. The lowest BCUT2D eigenvalue weighted by Crippen LogP contribution is -2.51. The molecule has 0 bridgehead atoms. The lowest BCUT2D eigenvalue weighted by atomic mass is 9.85. The summed E-state index contributed by atoms with van der Waals surface area (Å²) in [6, 6.07) is 0.470. The van der Waals surface area contributed by atoms with Crippen LogP contribution in [-0.4, -0.2) is 31.2 Å². The number of hydrogen-bond donors (Lipinski definition) is 2. The van der Waals surface area contributed by atoms with E-state index in [0.717, 1.165) is 25.7 Å². The number of amides is 1. The molecule has 2 rings (SSSR count). The van der Waals surface area contributed by atoms with Crippen LogP contribution in [0.1, 0.15) is 25.7 Å². The van der Waals surface area contributed by atoms with Crippen molar-refractivity contribution in [3.8, 4) is 0 Å². The molecule has 2 unspecified atom stereocenters. The van der Waals surface area contributed by atoms with Crippen LogP contribution in [0.5, 0.6) is 0 Å². The number of nitrogens with one attached hydrogen (secondary N) is 1. The molecular formula is C10H18N2O2. The molecule has 0 aromatic carbocycles. The second-order valence-electron chi connectivity index (χ2n) is 4.37. The maximum atomic E-state index is 11.7. The van der Waals surface area contributed by atoms with E-state index in [2.05, 4.69) is 5.32 Å². The molecule has 1 amide bonds. The molecule has 1 heterocycles. The Morgan fingerprint density at radius 1 is 1.36 bits per heavy atom. The van der Waals surface area contributed by atoms with Gasteiger partial charge in [-0.15, -0.1) is 0 Å². The predicted octanol–water partition coefficient (Wildman–Crippen LogP) is 0.0189. The molecule has 2 atom stereocenters. The van der Waals surface area contributed by atoms with Crippen LogP contribution in [0.15, 0.2) is 0 Å². The maximum absolute atomic E-state index is 11.7. The third-order valence-corrected chi connectivity index (χ3v) is 3.07. The standard InChI is InChI=1S/C10H18N2O2/c11-8-3-1-2-7(4-8)10(13)12-9-5-14-6-9/h7-9H,1-6,11H2,(H,12,13). The van der Waals surface area contributed by atoms with Crippen molar-refractivity contribution in [1.82, 2.24) is 5.32 Å². The molecule has 0 radical (unpaired) electrons. The van der Waals surface area contributed by atoms with E-state index in [9.17, 15) is 4.79 Å². The molecule has 4 nitrogen and oxygen atoms in total. The van der Waals surface area contributed by atoms with Crippen LogP contribution in [-0.2, 0) is 9.53 Å². The number of carbonyl (C=O) groups is 1. The zero-order chi connectivity index (χ0) is 9.97. The summed E-state index contributed by atoms with van der Waals surface area (Å²) < 4.78 is 5.00. The minimum atomic E-state index is 0.138. The Kier molecular flexibility index (Phi) is 3.03. The van der Waals surface area contributed by atoms with Crippen molar-refractivity contribution in [2.75, 3.05) is 13.2 Å². The molecule has 0 aromatic heterocycles. The fourth-order valence-corrected chi connectivity index (χ4v) is 2.10. The molecule has 2 fully saturated rings. The van der Waals surface area contributed by atoms with Crippen LogP contribution in [0.25, 0.3) is 0 Å². The van der Waals surface area contributed by atoms with Gasteiger partial charge in [0.2, 0.25) is 5.91 Å². The van der Waals surface area contributed by atoms with Crippen molar-refractivity contribution in [2.45, 2.75) is 37.8 Å². The molecule has 1 aliphatic carbocycles. The number of hydrogen-bond acceptors (Lipinski definition) is 3. The summed E-state index contributed by atoms with van der Waals surface area (Å²) in [6.07, 6.45) is 3.99. The highest BCUT2D eigenvalue weighted by Gasteiger charge is 2.28. The number of nitrogens with two attached hydrogens (primary N) is 1. The van der Waals surface area contributed by atoms with E-state index in [1.54, 1.807) is 0 Å².